The summed E-state index contributed by atoms with van der Waals surface area (Å²) in [6.07, 6.45) is 0. The first kappa shape index (κ1) is 15.4. The molecule has 0 bridgehead atoms. The van der Waals surface area contributed by atoms with Gasteiger partial charge in [0.15, 0.2) is 0 Å². The minimum Gasteiger partial charge on any atom is -0.301 e. The number of benzene rings is 3. The molecule has 1 nitrogen and oxygen atoms in total. The lowest BCUT2D eigenvalue weighted by Crippen LogP contribution is -2.30. The van der Waals surface area contributed by atoms with Crippen LogP contribution in [-0.2, 0) is 6.54 Å². The second kappa shape index (κ2) is 6.43. The lowest BCUT2D eigenvalue weighted by Gasteiger charge is -2.33. The Bertz CT molecular complexity index is 857. The Balaban J connectivity index is 1.77. The first-order chi connectivity index (χ1) is 11.7. The third-order valence-electron chi connectivity index (χ3n) is 4.81. The van der Waals surface area contributed by atoms with Crippen molar-refractivity contribution in [3.05, 3.63) is 94.5 Å². The van der Waals surface area contributed by atoms with Crippen molar-refractivity contribution in [2.45, 2.75) is 12.5 Å². The molecule has 120 valence electrons. The second-order valence-corrected chi connectivity index (χ2v) is 7.02. The Hall–Kier alpha value is -2.09. The largest absolute Gasteiger partial charge is 0.301 e. The summed E-state index contributed by atoms with van der Waals surface area (Å²) in [6, 6.07) is 25.7. The van der Waals surface area contributed by atoms with E-state index in [9.17, 15) is 0 Å². The van der Waals surface area contributed by atoms with Crippen LogP contribution in [0.1, 0.15) is 22.6 Å². The highest BCUT2D eigenvalue weighted by atomic mass is 35.5. The summed E-state index contributed by atoms with van der Waals surface area (Å²) in [5.74, 6) is 0.438. The number of halogens is 1. The number of fused-ring (bicyclic) bond motifs is 1. The van der Waals surface area contributed by atoms with Crippen molar-refractivity contribution in [3.8, 4) is 11.1 Å². The molecule has 0 spiro atoms. The molecule has 0 N–H and O–H groups in total. The third-order valence-corrected chi connectivity index (χ3v) is 5.05. The zero-order valence-corrected chi connectivity index (χ0v) is 14.5. The molecule has 0 aromatic heterocycles. The van der Waals surface area contributed by atoms with E-state index in [0.717, 1.165) is 18.1 Å². The van der Waals surface area contributed by atoms with E-state index in [0.29, 0.717) is 5.92 Å². The predicted molar refractivity (Wildman–Crippen MR) is 102 cm³/mol. The quantitative estimate of drug-likeness (QED) is 0.591. The summed E-state index contributed by atoms with van der Waals surface area (Å²) in [4.78, 5) is 2.40. The molecule has 0 radical (unpaired) electrons. The lowest BCUT2D eigenvalue weighted by atomic mass is 9.83. The molecule has 4 rings (SSSR count). The van der Waals surface area contributed by atoms with Crippen molar-refractivity contribution < 1.29 is 0 Å². The summed E-state index contributed by atoms with van der Waals surface area (Å²) in [7, 11) is 2.20. The van der Waals surface area contributed by atoms with Crippen molar-refractivity contribution in [3.63, 3.8) is 0 Å². The molecule has 0 fully saturated rings. The maximum absolute atomic E-state index is 6.16. The van der Waals surface area contributed by atoms with Crippen molar-refractivity contribution in [2.75, 3.05) is 13.6 Å². The molecule has 2 heteroatoms. The number of nitrogens with zero attached hydrogens (tertiary/aromatic N) is 1. The molecule has 0 aliphatic carbocycles. The minimum absolute atomic E-state index is 0.438. The summed E-state index contributed by atoms with van der Waals surface area (Å²) in [6.45, 7) is 2.06. The van der Waals surface area contributed by atoms with Gasteiger partial charge in [0.2, 0.25) is 0 Å². The third kappa shape index (κ3) is 2.98. The highest BCUT2D eigenvalue weighted by Gasteiger charge is 2.24. The van der Waals surface area contributed by atoms with Crippen molar-refractivity contribution in [1.82, 2.24) is 4.90 Å². The van der Waals surface area contributed by atoms with Crippen LogP contribution >= 0.6 is 11.6 Å². The zero-order valence-electron chi connectivity index (χ0n) is 13.7. The van der Waals surface area contributed by atoms with Crippen LogP contribution in [-0.4, -0.2) is 18.5 Å². The average Bonchev–Trinajstić information content (AvgIpc) is 2.61. The molecule has 0 saturated heterocycles. The Morgan fingerprint density at radius 3 is 2.46 bits per heavy atom. The van der Waals surface area contributed by atoms with E-state index >= 15 is 0 Å². The molecule has 1 aliphatic heterocycles. The molecule has 3 aromatic rings. The number of likely N-dealkylation sites (N-methyl/N-ethyl adjacent to an activating group) is 1. The normalized spacial score (nSPS) is 17.5. The van der Waals surface area contributed by atoms with Gasteiger partial charge in [0, 0.05) is 24.0 Å². The molecule has 1 unspecified atom stereocenters. The van der Waals surface area contributed by atoms with Crippen molar-refractivity contribution in [2.24, 2.45) is 0 Å². The highest BCUT2D eigenvalue weighted by Crippen LogP contribution is 2.35. The number of hydrogen-bond acceptors (Lipinski definition) is 1. The fourth-order valence-corrected chi connectivity index (χ4v) is 3.86. The Morgan fingerprint density at radius 2 is 1.67 bits per heavy atom. The maximum Gasteiger partial charge on any atom is 0.0412 e. The molecular formula is C22H20ClN. The molecule has 1 atom stereocenters. The van der Waals surface area contributed by atoms with Gasteiger partial charge in [0.25, 0.3) is 0 Å². The number of hydrogen-bond donors (Lipinski definition) is 0. The fourth-order valence-electron chi connectivity index (χ4n) is 3.67. The van der Waals surface area contributed by atoms with Gasteiger partial charge in [-0.1, -0.05) is 66.2 Å². The van der Waals surface area contributed by atoms with Gasteiger partial charge in [-0.05, 0) is 53.1 Å². The van der Waals surface area contributed by atoms with E-state index in [1.165, 1.54) is 27.8 Å². The standard InChI is InChI=1S/C22H20ClN/c1-24-14-19-12-18(17-8-5-9-20(23)13-17)10-11-21(19)22(15-24)16-6-3-2-4-7-16/h2-13,22H,14-15H2,1H3. The lowest BCUT2D eigenvalue weighted by molar-refractivity contribution is 0.295. The van der Waals surface area contributed by atoms with E-state index in [1.807, 2.05) is 18.2 Å². The monoisotopic (exact) mass is 333 g/mol. The summed E-state index contributed by atoms with van der Waals surface area (Å²) in [5, 5.41) is 0.782. The van der Waals surface area contributed by atoms with Gasteiger partial charge in [-0.2, -0.15) is 0 Å². The van der Waals surface area contributed by atoms with Crippen LogP contribution in [0.15, 0.2) is 72.8 Å². The topological polar surface area (TPSA) is 3.24 Å². The first-order valence-corrected chi connectivity index (χ1v) is 8.71. The minimum atomic E-state index is 0.438. The van der Waals surface area contributed by atoms with E-state index < -0.39 is 0 Å². The Kier molecular flexibility index (Phi) is 4.13. The van der Waals surface area contributed by atoms with Crippen molar-refractivity contribution >= 4 is 11.6 Å². The van der Waals surface area contributed by atoms with E-state index in [1.54, 1.807) is 0 Å². The highest BCUT2D eigenvalue weighted by molar-refractivity contribution is 6.30. The van der Waals surface area contributed by atoms with Crippen LogP contribution in [0.5, 0.6) is 0 Å². The second-order valence-electron chi connectivity index (χ2n) is 6.58. The van der Waals surface area contributed by atoms with Crippen LogP contribution < -0.4 is 0 Å². The zero-order chi connectivity index (χ0) is 16.5. The van der Waals surface area contributed by atoms with Crippen LogP contribution in [0.3, 0.4) is 0 Å². The van der Waals surface area contributed by atoms with Crippen molar-refractivity contribution in [1.29, 1.82) is 0 Å². The van der Waals surface area contributed by atoms with Gasteiger partial charge in [-0.3, -0.25) is 0 Å². The van der Waals surface area contributed by atoms with Gasteiger partial charge in [-0.15, -0.1) is 0 Å². The van der Waals surface area contributed by atoms with Gasteiger partial charge in [0.05, 0.1) is 0 Å². The van der Waals surface area contributed by atoms with E-state index in [2.05, 4.69) is 66.5 Å². The summed E-state index contributed by atoms with van der Waals surface area (Å²) < 4.78 is 0. The van der Waals surface area contributed by atoms with E-state index in [4.69, 9.17) is 11.6 Å². The van der Waals surface area contributed by atoms with Gasteiger partial charge < -0.3 is 4.90 Å². The fraction of sp³-hybridized carbons (Fsp3) is 0.182. The molecular weight excluding hydrogens is 314 g/mol. The van der Waals surface area contributed by atoms with Gasteiger partial charge >= 0.3 is 0 Å². The molecule has 24 heavy (non-hydrogen) atoms. The first-order valence-electron chi connectivity index (χ1n) is 8.33. The SMILES string of the molecule is CN1Cc2cc(-c3cccc(Cl)c3)ccc2C(c2ccccc2)C1. The molecule has 3 aromatic carbocycles. The van der Waals surface area contributed by atoms with Crippen LogP contribution in [0.2, 0.25) is 5.02 Å². The Morgan fingerprint density at radius 1 is 0.875 bits per heavy atom. The van der Waals surface area contributed by atoms with Crippen LogP contribution in [0.25, 0.3) is 11.1 Å². The molecule has 0 amide bonds. The van der Waals surface area contributed by atoms with Crippen LogP contribution in [0.4, 0.5) is 0 Å². The van der Waals surface area contributed by atoms with Crippen LogP contribution in [0, 0.1) is 0 Å². The molecule has 0 saturated carbocycles. The van der Waals surface area contributed by atoms with Gasteiger partial charge in [0.1, 0.15) is 0 Å². The van der Waals surface area contributed by atoms with Gasteiger partial charge in [-0.25, -0.2) is 0 Å². The smallest absolute Gasteiger partial charge is 0.0412 e. The average molecular weight is 334 g/mol. The summed E-state index contributed by atoms with van der Waals surface area (Å²) >= 11 is 6.16. The molecule has 1 heterocycles. The molecule has 1 aliphatic rings. The Labute approximate surface area is 148 Å². The maximum atomic E-state index is 6.16. The predicted octanol–water partition coefficient (Wildman–Crippen LogP) is 5.58. The number of rotatable bonds is 2. The summed E-state index contributed by atoms with van der Waals surface area (Å²) in [5.41, 5.74) is 6.66. The van der Waals surface area contributed by atoms with E-state index in [-0.39, 0.29) is 0 Å².